The zero-order valence-corrected chi connectivity index (χ0v) is 17.7. The first-order valence-electron chi connectivity index (χ1n) is 9.53. The summed E-state index contributed by atoms with van der Waals surface area (Å²) in [4.78, 5) is 11.9. The Bertz CT molecular complexity index is 1330. The highest BCUT2D eigenvalue weighted by Crippen LogP contribution is 2.22. The molecule has 2 heterocycles. The Morgan fingerprint density at radius 3 is 2.29 bits per heavy atom. The van der Waals surface area contributed by atoms with Crippen LogP contribution >= 0.6 is 0 Å². The Kier molecular flexibility index (Phi) is 5.38. The number of rotatable bonds is 6. The molecule has 2 aromatic heterocycles. The minimum atomic E-state index is -3.77. The topological polar surface area (TPSA) is 118 Å². The Hall–Kier alpha value is -3.79. The van der Waals surface area contributed by atoms with Crippen LogP contribution in [0.4, 0.5) is 11.4 Å². The highest BCUT2D eigenvalue weighted by Gasteiger charge is 2.15. The second-order valence-electron chi connectivity index (χ2n) is 7.20. The average Bonchev–Trinajstić information content (AvgIpc) is 3.22. The molecule has 0 saturated carbocycles. The van der Waals surface area contributed by atoms with Crippen LogP contribution in [0.25, 0.3) is 16.9 Å². The molecule has 0 aliphatic carbocycles. The zero-order chi connectivity index (χ0) is 22.0. The fourth-order valence-corrected chi connectivity index (χ4v) is 3.87. The van der Waals surface area contributed by atoms with Crippen LogP contribution < -0.4 is 10.0 Å². The monoisotopic (exact) mass is 436 g/mol. The van der Waals surface area contributed by atoms with E-state index in [1.165, 1.54) is 18.5 Å². The molecule has 0 spiro atoms. The molecule has 2 N–H and O–H groups in total. The third-order valence-electron chi connectivity index (χ3n) is 4.55. The summed E-state index contributed by atoms with van der Waals surface area (Å²) >= 11 is 0. The molecule has 0 radical (unpaired) electrons. The molecule has 0 fully saturated rings. The predicted molar refractivity (Wildman–Crippen MR) is 117 cm³/mol. The molecule has 0 aliphatic heterocycles. The molecule has 2 aromatic carbocycles. The van der Waals surface area contributed by atoms with E-state index < -0.39 is 10.0 Å². The van der Waals surface area contributed by atoms with Gasteiger partial charge >= 0.3 is 0 Å². The van der Waals surface area contributed by atoms with Crippen molar-refractivity contribution in [3.63, 3.8) is 0 Å². The first-order valence-corrected chi connectivity index (χ1v) is 11.0. The molecule has 0 atom stereocenters. The molecule has 0 aliphatic rings. The molecule has 0 bridgehead atoms. The van der Waals surface area contributed by atoms with Crippen molar-refractivity contribution in [1.29, 1.82) is 0 Å². The molecule has 10 heteroatoms. The number of hydrogen-bond donors (Lipinski definition) is 2. The van der Waals surface area contributed by atoms with Crippen LogP contribution in [-0.2, 0) is 14.8 Å². The van der Waals surface area contributed by atoms with Gasteiger partial charge in [0.2, 0.25) is 5.91 Å². The summed E-state index contributed by atoms with van der Waals surface area (Å²) in [5, 5.41) is 14.9. The lowest BCUT2D eigenvalue weighted by molar-refractivity contribution is -0.118. The van der Waals surface area contributed by atoms with E-state index in [4.69, 9.17) is 0 Å². The van der Waals surface area contributed by atoms with Gasteiger partial charge in [-0.25, -0.2) is 8.42 Å². The number of nitrogens with zero attached hydrogens (tertiary/aromatic N) is 4. The molecular formula is C21H20N6O3S. The van der Waals surface area contributed by atoms with Crippen molar-refractivity contribution >= 4 is 33.0 Å². The Morgan fingerprint density at radius 2 is 1.61 bits per heavy atom. The van der Waals surface area contributed by atoms with E-state index in [2.05, 4.69) is 25.3 Å². The second-order valence-corrected chi connectivity index (χ2v) is 8.89. The van der Waals surface area contributed by atoms with E-state index in [1.54, 1.807) is 60.8 Å². The number of amides is 1. The predicted octanol–water partition coefficient (Wildman–Crippen LogP) is 3.19. The van der Waals surface area contributed by atoms with Crippen molar-refractivity contribution in [2.75, 3.05) is 10.0 Å². The van der Waals surface area contributed by atoms with E-state index in [0.29, 0.717) is 22.7 Å². The van der Waals surface area contributed by atoms with Crippen LogP contribution in [0.15, 0.2) is 71.9 Å². The molecule has 1 amide bonds. The van der Waals surface area contributed by atoms with E-state index in [9.17, 15) is 13.2 Å². The lowest BCUT2D eigenvalue weighted by atomic mass is 10.1. The van der Waals surface area contributed by atoms with Crippen molar-refractivity contribution in [2.45, 2.75) is 18.7 Å². The van der Waals surface area contributed by atoms with E-state index >= 15 is 0 Å². The molecule has 31 heavy (non-hydrogen) atoms. The zero-order valence-electron chi connectivity index (χ0n) is 16.9. The fraction of sp³-hybridized carbons (Fsp3) is 0.143. The van der Waals surface area contributed by atoms with Crippen molar-refractivity contribution < 1.29 is 13.2 Å². The quantitative estimate of drug-likeness (QED) is 0.479. The van der Waals surface area contributed by atoms with Gasteiger partial charge in [-0.05, 0) is 48.5 Å². The van der Waals surface area contributed by atoms with Crippen LogP contribution in [0.1, 0.15) is 13.8 Å². The van der Waals surface area contributed by atoms with Gasteiger partial charge in [-0.3, -0.25) is 9.52 Å². The third kappa shape index (κ3) is 4.53. The number of carbonyl (C=O) groups is 1. The first-order chi connectivity index (χ1) is 14.8. The molecular weight excluding hydrogens is 416 g/mol. The number of hydrogen-bond acceptors (Lipinski definition) is 6. The Morgan fingerprint density at radius 1 is 0.935 bits per heavy atom. The van der Waals surface area contributed by atoms with Crippen molar-refractivity contribution in [3.8, 4) is 11.3 Å². The van der Waals surface area contributed by atoms with Gasteiger partial charge in [-0.2, -0.15) is 9.61 Å². The lowest BCUT2D eigenvalue weighted by Gasteiger charge is -2.11. The number of aromatic nitrogens is 4. The molecule has 0 saturated heterocycles. The SMILES string of the molecule is CC(C)C(=O)Nc1ccc(S(=O)(=O)Nc2ccc(-c3ccc4nncn4n3)cc2)cc1. The summed E-state index contributed by atoms with van der Waals surface area (Å²) in [5.41, 5.74) is 3.14. The summed E-state index contributed by atoms with van der Waals surface area (Å²) in [6.07, 6.45) is 1.51. The molecule has 9 nitrogen and oxygen atoms in total. The average molecular weight is 436 g/mol. The van der Waals surface area contributed by atoms with Crippen molar-refractivity contribution in [3.05, 3.63) is 67.0 Å². The smallest absolute Gasteiger partial charge is 0.261 e. The third-order valence-corrected chi connectivity index (χ3v) is 5.95. The van der Waals surface area contributed by atoms with Crippen LogP contribution in [0.5, 0.6) is 0 Å². The maximum atomic E-state index is 12.7. The van der Waals surface area contributed by atoms with Crippen LogP contribution in [-0.4, -0.2) is 34.1 Å². The number of benzene rings is 2. The highest BCUT2D eigenvalue weighted by molar-refractivity contribution is 7.92. The summed E-state index contributed by atoms with van der Waals surface area (Å²) in [6.45, 7) is 3.57. The van der Waals surface area contributed by atoms with Crippen LogP contribution in [0, 0.1) is 5.92 Å². The standard InChI is InChI=1S/C21H20N6O3S/c1-14(2)21(28)23-16-7-9-18(10-8-16)31(29,30)26-17-5-3-15(4-6-17)19-11-12-20-24-22-13-27(20)25-19/h3-14,26H,1-2H3,(H,23,28). The Balaban J connectivity index is 1.48. The maximum Gasteiger partial charge on any atom is 0.261 e. The van der Waals surface area contributed by atoms with Crippen molar-refractivity contribution in [1.82, 2.24) is 19.8 Å². The van der Waals surface area contributed by atoms with Gasteiger partial charge in [-0.15, -0.1) is 10.2 Å². The van der Waals surface area contributed by atoms with Crippen molar-refractivity contribution in [2.24, 2.45) is 5.92 Å². The molecule has 158 valence electrons. The van der Waals surface area contributed by atoms with Gasteiger partial charge in [-0.1, -0.05) is 26.0 Å². The van der Waals surface area contributed by atoms with Gasteiger partial charge in [0.25, 0.3) is 10.0 Å². The van der Waals surface area contributed by atoms with E-state index in [1.807, 2.05) is 6.07 Å². The van der Waals surface area contributed by atoms with Crippen LogP contribution in [0.3, 0.4) is 0 Å². The van der Waals surface area contributed by atoms with E-state index in [0.717, 1.165) is 5.56 Å². The number of carbonyl (C=O) groups excluding carboxylic acids is 1. The number of fused-ring (bicyclic) bond motifs is 1. The van der Waals surface area contributed by atoms with Gasteiger partial charge in [0.05, 0.1) is 10.6 Å². The molecule has 0 unspecified atom stereocenters. The van der Waals surface area contributed by atoms with Gasteiger partial charge < -0.3 is 5.32 Å². The number of anilines is 2. The lowest BCUT2D eigenvalue weighted by Crippen LogP contribution is -2.18. The number of sulfonamides is 1. The minimum absolute atomic E-state index is 0.0962. The summed E-state index contributed by atoms with van der Waals surface area (Å²) < 4.78 is 29.5. The Labute approximate surface area is 179 Å². The summed E-state index contributed by atoms with van der Waals surface area (Å²) in [5.74, 6) is -0.298. The first kappa shape index (κ1) is 20.5. The summed E-state index contributed by atoms with van der Waals surface area (Å²) in [6, 6.07) is 16.5. The molecule has 4 rings (SSSR count). The molecule has 4 aromatic rings. The highest BCUT2D eigenvalue weighted by atomic mass is 32.2. The fourth-order valence-electron chi connectivity index (χ4n) is 2.81. The van der Waals surface area contributed by atoms with Gasteiger partial charge in [0, 0.05) is 22.9 Å². The van der Waals surface area contributed by atoms with E-state index in [-0.39, 0.29) is 16.7 Å². The largest absolute Gasteiger partial charge is 0.326 e. The summed E-state index contributed by atoms with van der Waals surface area (Å²) in [7, 11) is -3.77. The van der Waals surface area contributed by atoms with Crippen LogP contribution in [0.2, 0.25) is 0 Å². The second kappa shape index (κ2) is 8.15. The maximum absolute atomic E-state index is 12.7. The van der Waals surface area contributed by atoms with Gasteiger partial charge in [0.15, 0.2) is 5.65 Å². The normalized spacial score (nSPS) is 11.6. The minimum Gasteiger partial charge on any atom is -0.326 e. The number of nitrogens with one attached hydrogen (secondary N) is 2. The van der Waals surface area contributed by atoms with Gasteiger partial charge in [0.1, 0.15) is 6.33 Å².